The van der Waals surface area contributed by atoms with Crippen LogP contribution in [0.4, 0.5) is 0 Å². The van der Waals surface area contributed by atoms with E-state index in [1.807, 2.05) is 6.08 Å². The van der Waals surface area contributed by atoms with Gasteiger partial charge in [-0.05, 0) is 57.8 Å². The number of esters is 1. The van der Waals surface area contributed by atoms with Gasteiger partial charge in [0.2, 0.25) is 5.91 Å². The molecule has 0 aliphatic heterocycles. The summed E-state index contributed by atoms with van der Waals surface area (Å²) in [6, 6.07) is -0.640. The van der Waals surface area contributed by atoms with Gasteiger partial charge in [0.25, 0.3) is 0 Å². The van der Waals surface area contributed by atoms with Crippen molar-refractivity contribution in [3.63, 3.8) is 0 Å². The molecule has 6 nitrogen and oxygen atoms in total. The molecule has 0 aromatic rings. The van der Waals surface area contributed by atoms with Crippen LogP contribution in [0.2, 0.25) is 0 Å². The molecule has 0 bridgehead atoms. The molecule has 414 valence electrons. The van der Waals surface area contributed by atoms with Crippen molar-refractivity contribution in [1.29, 1.82) is 0 Å². The number of aliphatic hydroxyl groups excluding tert-OH is 2. The molecule has 0 aromatic heterocycles. The fraction of sp³-hybridized carbons (Fsp3) is 0.906. The third kappa shape index (κ3) is 55.7. The minimum Gasteiger partial charge on any atom is -0.466 e. The summed E-state index contributed by atoms with van der Waals surface area (Å²) in [6.45, 7) is 4.90. The first kappa shape index (κ1) is 68.3. The highest BCUT2D eigenvalue weighted by molar-refractivity contribution is 5.76. The molecule has 0 aliphatic rings. The summed E-state index contributed by atoms with van der Waals surface area (Å²) in [5, 5.41) is 23.2. The second-order valence-corrected chi connectivity index (χ2v) is 21.7. The van der Waals surface area contributed by atoms with Gasteiger partial charge in [-0.2, -0.15) is 0 Å². The van der Waals surface area contributed by atoms with Crippen LogP contribution in [0, 0.1) is 0 Å². The number of allylic oxidation sites excluding steroid dienone is 3. The average Bonchev–Trinajstić information content (AvgIpc) is 3.36. The lowest BCUT2D eigenvalue weighted by Crippen LogP contribution is -2.45. The highest BCUT2D eigenvalue weighted by atomic mass is 16.5. The van der Waals surface area contributed by atoms with Gasteiger partial charge in [0.15, 0.2) is 0 Å². The monoisotopic (exact) mass is 986 g/mol. The normalized spacial score (nSPS) is 12.7. The van der Waals surface area contributed by atoms with E-state index in [1.54, 1.807) is 6.08 Å². The van der Waals surface area contributed by atoms with Crippen LogP contribution >= 0.6 is 0 Å². The molecule has 3 N–H and O–H groups in total. The van der Waals surface area contributed by atoms with Crippen LogP contribution in [0.5, 0.6) is 0 Å². The van der Waals surface area contributed by atoms with Gasteiger partial charge < -0.3 is 20.3 Å². The van der Waals surface area contributed by atoms with Gasteiger partial charge in [0, 0.05) is 12.8 Å². The lowest BCUT2D eigenvalue weighted by molar-refractivity contribution is -0.143. The number of hydrogen-bond donors (Lipinski definition) is 3. The van der Waals surface area contributed by atoms with E-state index in [0.29, 0.717) is 19.4 Å². The van der Waals surface area contributed by atoms with Crippen molar-refractivity contribution in [3.8, 4) is 0 Å². The van der Waals surface area contributed by atoms with Crippen LogP contribution in [0.15, 0.2) is 24.3 Å². The van der Waals surface area contributed by atoms with Crippen molar-refractivity contribution in [1.82, 2.24) is 5.32 Å². The van der Waals surface area contributed by atoms with E-state index in [-0.39, 0.29) is 18.5 Å². The van der Waals surface area contributed by atoms with E-state index < -0.39 is 12.1 Å². The molecule has 0 spiro atoms. The zero-order chi connectivity index (χ0) is 50.7. The standard InChI is InChI=1S/C64H123NO5/c1-3-5-7-9-11-13-15-17-18-19-20-21-22-23-24-25-26-27-29-33-36-40-44-48-52-56-62(67)61(60-66)65-63(68)57-53-49-45-41-37-34-30-28-31-35-39-43-47-51-55-59-70-64(69)58-54-50-46-42-38-32-16-14-12-10-8-6-4-2/h31,35,52,56,61-62,66-67H,3-30,32-34,36-51,53-55,57-60H2,1-2H3,(H,65,68)/b35-31-,56-52+. The minimum absolute atomic E-state index is 0.00893. The maximum absolute atomic E-state index is 12.5. The number of unbranched alkanes of at least 4 members (excludes halogenated alkanes) is 46. The summed E-state index contributed by atoms with van der Waals surface area (Å²) in [5.74, 6) is -0.0884. The quantitative estimate of drug-likeness (QED) is 0.0321. The fourth-order valence-electron chi connectivity index (χ4n) is 9.87. The predicted octanol–water partition coefficient (Wildman–Crippen LogP) is 19.8. The summed E-state index contributed by atoms with van der Waals surface area (Å²) >= 11 is 0. The number of nitrogens with one attached hydrogen (secondary N) is 1. The lowest BCUT2D eigenvalue weighted by Gasteiger charge is -2.20. The van der Waals surface area contributed by atoms with Gasteiger partial charge in [-0.15, -0.1) is 0 Å². The Hall–Kier alpha value is -1.66. The molecule has 0 fully saturated rings. The topological polar surface area (TPSA) is 95.9 Å². The molecule has 0 radical (unpaired) electrons. The first-order valence-electron chi connectivity index (χ1n) is 31.6. The third-order valence-corrected chi connectivity index (χ3v) is 14.7. The van der Waals surface area contributed by atoms with Gasteiger partial charge in [0.05, 0.1) is 25.4 Å². The Morgan fingerprint density at radius 3 is 1.01 bits per heavy atom. The smallest absolute Gasteiger partial charge is 0.305 e. The van der Waals surface area contributed by atoms with E-state index in [4.69, 9.17) is 4.74 Å². The van der Waals surface area contributed by atoms with Crippen molar-refractivity contribution in [2.45, 2.75) is 360 Å². The Kier molecular flexibility index (Phi) is 58.5. The van der Waals surface area contributed by atoms with Crippen molar-refractivity contribution in [3.05, 3.63) is 24.3 Å². The number of rotatable bonds is 59. The number of ether oxygens (including phenoxy) is 1. The van der Waals surface area contributed by atoms with Gasteiger partial charge in [-0.1, -0.05) is 301 Å². The summed E-state index contributed by atoms with van der Waals surface area (Å²) in [4.78, 5) is 24.5. The SMILES string of the molecule is CCCCCCCCCCCCCCCCCCCCCCCCC/C=C/C(O)C(CO)NC(=O)CCCCCCCCC/C=C\CCCCCCOC(=O)CCCCCCCCCCCCCCC. The molecule has 0 saturated carbocycles. The zero-order valence-corrected chi connectivity index (χ0v) is 47.3. The maximum atomic E-state index is 12.5. The first-order chi connectivity index (χ1) is 34.5. The van der Waals surface area contributed by atoms with Crippen LogP contribution in [-0.4, -0.2) is 47.4 Å². The van der Waals surface area contributed by atoms with E-state index in [0.717, 1.165) is 70.6 Å². The van der Waals surface area contributed by atoms with Crippen LogP contribution in [-0.2, 0) is 14.3 Å². The largest absolute Gasteiger partial charge is 0.466 e. The highest BCUT2D eigenvalue weighted by Crippen LogP contribution is 2.18. The Morgan fingerprint density at radius 2 is 0.671 bits per heavy atom. The van der Waals surface area contributed by atoms with Gasteiger partial charge in [-0.25, -0.2) is 0 Å². The Morgan fingerprint density at radius 1 is 0.386 bits per heavy atom. The average molecular weight is 987 g/mol. The predicted molar refractivity (Wildman–Crippen MR) is 306 cm³/mol. The van der Waals surface area contributed by atoms with E-state index in [9.17, 15) is 19.8 Å². The van der Waals surface area contributed by atoms with Crippen molar-refractivity contribution < 1.29 is 24.5 Å². The minimum atomic E-state index is -0.855. The van der Waals surface area contributed by atoms with Crippen LogP contribution < -0.4 is 5.32 Å². The third-order valence-electron chi connectivity index (χ3n) is 14.7. The maximum Gasteiger partial charge on any atom is 0.305 e. The van der Waals surface area contributed by atoms with Gasteiger partial charge in [0.1, 0.15) is 0 Å². The summed E-state index contributed by atoms with van der Waals surface area (Å²) in [6.07, 6.45) is 73.6. The number of carbonyl (C=O) groups is 2. The van der Waals surface area contributed by atoms with Crippen LogP contribution in [0.3, 0.4) is 0 Å². The van der Waals surface area contributed by atoms with E-state index in [1.165, 1.54) is 250 Å². The van der Waals surface area contributed by atoms with Crippen molar-refractivity contribution >= 4 is 11.9 Å². The molecule has 1 amide bonds. The summed E-state index contributed by atoms with van der Waals surface area (Å²) in [5.41, 5.74) is 0. The molecular formula is C64H123NO5. The molecule has 0 rings (SSSR count). The fourth-order valence-corrected chi connectivity index (χ4v) is 9.87. The Bertz CT molecular complexity index is 1090. The molecule has 2 atom stereocenters. The van der Waals surface area contributed by atoms with Gasteiger partial charge in [-0.3, -0.25) is 9.59 Å². The second-order valence-electron chi connectivity index (χ2n) is 21.7. The molecule has 2 unspecified atom stereocenters. The highest BCUT2D eigenvalue weighted by Gasteiger charge is 2.18. The molecular weight excluding hydrogens is 863 g/mol. The number of carbonyl (C=O) groups excluding carboxylic acids is 2. The Labute approximate surface area is 437 Å². The molecule has 0 saturated heterocycles. The Balaban J connectivity index is 3.49. The van der Waals surface area contributed by atoms with Crippen molar-refractivity contribution in [2.24, 2.45) is 0 Å². The van der Waals surface area contributed by atoms with Gasteiger partial charge >= 0.3 is 5.97 Å². The summed E-state index contributed by atoms with van der Waals surface area (Å²) < 4.78 is 5.46. The molecule has 0 aliphatic carbocycles. The van der Waals surface area contributed by atoms with Crippen LogP contribution in [0.25, 0.3) is 0 Å². The zero-order valence-electron chi connectivity index (χ0n) is 47.3. The van der Waals surface area contributed by atoms with Crippen LogP contribution in [0.1, 0.15) is 348 Å². The molecule has 0 heterocycles. The number of aliphatic hydroxyl groups is 2. The van der Waals surface area contributed by atoms with E-state index in [2.05, 4.69) is 31.3 Å². The molecule has 0 aromatic carbocycles. The summed E-state index contributed by atoms with van der Waals surface area (Å²) in [7, 11) is 0. The molecule has 6 heteroatoms. The number of amides is 1. The second kappa shape index (κ2) is 59.9. The lowest BCUT2D eigenvalue weighted by atomic mass is 10.0. The number of hydrogen-bond acceptors (Lipinski definition) is 5. The molecule has 70 heavy (non-hydrogen) atoms. The van der Waals surface area contributed by atoms with Crippen molar-refractivity contribution in [2.75, 3.05) is 13.2 Å². The first-order valence-corrected chi connectivity index (χ1v) is 31.6. The van der Waals surface area contributed by atoms with E-state index >= 15 is 0 Å².